The largest absolute Gasteiger partial charge is 0.356 e. The molecule has 0 spiro atoms. The first-order chi connectivity index (χ1) is 5.21. The van der Waals surface area contributed by atoms with E-state index >= 15 is 0 Å². The van der Waals surface area contributed by atoms with Crippen LogP contribution < -0.4 is 11.1 Å². The van der Waals surface area contributed by atoms with Crippen molar-refractivity contribution in [1.29, 1.82) is 0 Å². The van der Waals surface area contributed by atoms with Gasteiger partial charge in [0, 0.05) is 24.4 Å². The molecule has 0 aromatic rings. The molecule has 1 unspecified atom stereocenters. The Kier molecular flexibility index (Phi) is 1.42. The summed E-state index contributed by atoms with van der Waals surface area (Å²) in [4.78, 5) is 10.9. The minimum Gasteiger partial charge on any atom is -0.356 e. The predicted molar refractivity (Wildman–Crippen MR) is 41.9 cm³/mol. The molecule has 1 heterocycles. The molecule has 0 radical (unpaired) electrons. The summed E-state index contributed by atoms with van der Waals surface area (Å²) in [5, 5.41) is 2.82. The molecule has 1 atom stereocenters. The minimum absolute atomic E-state index is 0.000833. The number of hydrogen-bond acceptors (Lipinski definition) is 2. The maximum absolute atomic E-state index is 10.9. The lowest BCUT2D eigenvalue weighted by Gasteiger charge is -2.42. The normalized spacial score (nSPS) is 34.6. The van der Waals surface area contributed by atoms with Crippen LogP contribution >= 0.6 is 0 Å². The van der Waals surface area contributed by atoms with E-state index in [0.29, 0.717) is 12.3 Å². The fourth-order valence-corrected chi connectivity index (χ4v) is 2.00. The monoisotopic (exact) mass is 154 g/mol. The highest BCUT2D eigenvalue weighted by molar-refractivity contribution is 5.78. The van der Waals surface area contributed by atoms with Crippen molar-refractivity contribution >= 4 is 5.91 Å². The van der Waals surface area contributed by atoms with E-state index in [0.717, 1.165) is 19.4 Å². The summed E-state index contributed by atoms with van der Waals surface area (Å²) in [6.07, 6.45) is 4.09. The summed E-state index contributed by atoms with van der Waals surface area (Å²) in [6.45, 7) is 0.801. The van der Waals surface area contributed by atoms with Gasteiger partial charge in [0.15, 0.2) is 0 Å². The maximum Gasteiger partial charge on any atom is 0.220 e. The van der Waals surface area contributed by atoms with Gasteiger partial charge in [-0.1, -0.05) is 0 Å². The molecule has 0 bridgehead atoms. The van der Waals surface area contributed by atoms with Crippen molar-refractivity contribution in [3.63, 3.8) is 0 Å². The number of rotatable bonds is 1. The average molecular weight is 154 g/mol. The van der Waals surface area contributed by atoms with E-state index < -0.39 is 0 Å². The van der Waals surface area contributed by atoms with Crippen LogP contribution in [0.4, 0.5) is 0 Å². The Morgan fingerprint density at radius 1 is 1.55 bits per heavy atom. The van der Waals surface area contributed by atoms with Gasteiger partial charge in [0.2, 0.25) is 5.91 Å². The zero-order valence-corrected chi connectivity index (χ0v) is 6.60. The van der Waals surface area contributed by atoms with Crippen LogP contribution in [0.3, 0.4) is 0 Å². The summed E-state index contributed by atoms with van der Waals surface area (Å²) in [7, 11) is 0. The van der Waals surface area contributed by atoms with Crippen LogP contribution in [0.15, 0.2) is 0 Å². The van der Waals surface area contributed by atoms with E-state index in [1.807, 2.05) is 0 Å². The van der Waals surface area contributed by atoms with E-state index in [9.17, 15) is 4.79 Å². The predicted octanol–water partition coefficient (Wildman–Crippen LogP) is 0.00390. The molecule has 3 nitrogen and oxygen atoms in total. The summed E-state index contributed by atoms with van der Waals surface area (Å²) >= 11 is 0. The van der Waals surface area contributed by atoms with Crippen LogP contribution in [0.1, 0.15) is 25.7 Å². The smallest absolute Gasteiger partial charge is 0.220 e. The molecular formula is C8H14N2O. The number of carbonyl (C=O) groups excluding carboxylic acids is 1. The molecule has 0 aromatic carbocycles. The van der Waals surface area contributed by atoms with Gasteiger partial charge in [-0.2, -0.15) is 0 Å². The first-order valence-electron chi connectivity index (χ1n) is 4.26. The molecule has 62 valence electrons. The Hall–Kier alpha value is -0.570. The number of nitrogens with one attached hydrogen (secondary N) is 1. The van der Waals surface area contributed by atoms with Gasteiger partial charge in [-0.15, -0.1) is 0 Å². The second-order valence-electron chi connectivity index (χ2n) is 3.79. The van der Waals surface area contributed by atoms with Crippen molar-refractivity contribution < 1.29 is 4.79 Å². The van der Waals surface area contributed by atoms with Crippen molar-refractivity contribution in [2.24, 2.45) is 11.7 Å². The van der Waals surface area contributed by atoms with Gasteiger partial charge in [0.05, 0.1) is 0 Å². The molecule has 1 saturated carbocycles. The van der Waals surface area contributed by atoms with E-state index in [1.54, 1.807) is 0 Å². The average Bonchev–Trinajstić information content (AvgIpc) is 2.31. The van der Waals surface area contributed by atoms with E-state index in [4.69, 9.17) is 5.73 Å². The highest BCUT2D eigenvalue weighted by atomic mass is 16.1. The highest BCUT2D eigenvalue weighted by Crippen LogP contribution is 2.38. The van der Waals surface area contributed by atoms with E-state index in [-0.39, 0.29) is 11.4 Å². The van der Waals surface area contributed by atoms with Crippen molar-refractivity contribution in [2.75, 3.05) is 6.54 Å². The van der Waals surface area contributed by atoms with Crippen LogP contribution in [0.2, 0.25) is 0 Å². The van der Waals surface area contributed by atoms with Crippen LogP contribution in [0, 0.1) is 5.92 Å². The molecule has 2 rings (SSSR count). The van der Waals surface area contributed by atoms with Crippen LogP contribution in [-0.2, 0) is 4.79 Å². The Morgan fingerprint density at radius 3 is 2.64 bits per heavy atom. The number of nitrogens with two attached hydrogens (primary N) is 1. The molecule has 3 heteroatoms. The first kappa shape index (κ1) is 7.10. The van der Waals surface area contributed by atoms with Crippen LogP contribution in [0.25, 0.3) is 0 Å². The molecule has 2 aliphatic rings. The zero-order valence-electron chi connectivity index (χ0n) is 6.60. The molecule has 1 aliphatic carbocycles. The quantitative estimate of drug-likeness (QED) is 0.558. The Morgan fingerprint density at radius 2 is 2.27 bits per heavy atom. The second kappa shape index (κ2) is 2.21. The topological polar surface area (TPSA) is 55.1 Å². The lowest BCUT2D eigenvalue weighted by Crippen LogP contribution is -2.53. The van der Waals surface area contributed by atoms with Crippen molar-refractivity contribution in [2.45, 2.75) is 31.2 Å². The second-order valence-corrected chi connectivity index (χ2v) is 3.79. The fraction of sp³-hybridized carbons (Fsp3) is 0.875. The van der Waals surface area contributed by atoms with Crippen molar-refractivity contribution in [1.82, 2.24) is 5.32 Å². The van der Waals surface area contributed by atoms with Gasteiger partial charge in [-0.25, -0.2) is 0 Å². The molecule has 1 aliphatic heterocycles. The maximum atomic E-state index is 10.9. The molecule has 3 N–H and O–H groups in total. The zero-order chi connectivity index (χ0) is 7.90. The SMILES string of the molecule is NC1(C2CNC(=O)C2)CCC1. The summed E-state index contributed by atoms with van der Waals surface area (Å²) in [5.74, 6) is 0.579. The third-order valence-corrected chi connectivity index (χ3v) is 3.07. The molecule has 1 saturated heterocycles. The number of carbonyl (C=O) groups is 1. The fourth-order valence-electron chi connectivity index (χ4n) is 2.00. The molecule has 1 amide bonds. The molecule has 0 aromatic heterocycles. The standard InChI is InChI=1S/C8H14N2O/c9-8(2-1-3-8)6-4-7(11)10-5-6/h6H,1-5,9H2,(H,10,11). The van der Waals surface area contributed by atoms with Crippen molar-refractivity contribution in [3.05, 3.63) is 0 Å². The lowest BCUT2D eigenvalue weighted by atomic mass is 9.68. The van der Waals surface area contributed by atoms with Gasteiger partial charge < -0.3 is 11.1 Å². The summed E-state index contributed by atoms with van der Waals surface area (Å²) < 4.78 is 0. The van der Waals surface area contributed by atoms with E-state index in [1.165, 1.54) is 6.42 Å². The Labute approximate surface area is 66.3 Å². The van der Waals surface area contributed by atoms with Gasteiger partial charge in [0.25, 0.3) is 0 Å². The van der Waals surface area contributed by atoms with E-state index in [2.05, 4.69) is 5.32 Å². The highest BCUT2D eigenvalue weighted by Gasteiger charge is 2.43. The van der Waals surface area contributed by atoms with Gasteiger partial charge in [0.1, 0.15) is 0 Å². The molecule has 2 fully saturated rings. The third-order valence-electron chi connectivity index (χ3n) is 3.07. The molecular weight excluding hydrogens is 140 g/mol. The first-order valence-corrected chi connectivity index (χ1v) is 4.26. The molecule has 11 heavy (non-hydrogen) atoms. The summed E-state index contributed by atoms with van der Waals surface area (Å²) in [6, 6.07) is 0. The van der Waals surface area contributed by atoms with Gasteiger partial charge >= 0.3 is 0 Å². The van der Waals surface area contributed by atoms with Gasteiger partial charge in [-0.05, 0) is 19.3 Å². The summed E-state index contributed by atoms with van der Waals surface area (Å²) in [5.41, 5.74) is 6.08. The third kappa shape index (κ3) is 1.03. The lowest BCUT2D eigenvalue weighted by molar-refractivity contribution is -0.119. The van der Waals surface area contributed by atoms with Gasteiger partial charge in [-0.3, -0.25) is 4.79 Å². The van der Waals surface area contributed by atoms with Crippen LogP contribution in [-0.4, -0.2) is 18.0 Å². The minimum atomic E-state index is -0.000833. The van der Waals surface area contributed by atoms with Crippen molar-refractivity contribution in [3.8, 4) is 0 Å². The Balaban J connectivity index is 2.00. The number of amides is 1. The number of hydrogen-bond donors (Lipinski definition) is 2. The van der Waals surface area contributed by atoms with Crippen LogP contribution in [0.5, 0.6) is 0 Å². The Bertz CT molecular complexity index is 187.